The number of aryl methyl sites for hydroxylation is 2. The fourth-order valence-corrected chi connectivity index (χ4v) is 3.33. The Bertz CT molecular complexity index is 710. The molecule has 2 heterocycles. The second kappa shape index (κ2) is 6.37. The Labute approximate surface area is 137 Å². The van der Waals surface area contributed by atoms with Gasteiger partial charge in [-0.25, -0.2) is 9.97 Å². The van der Waals surface area contributed by atoms with Crippen LogP contribution in [-0.4, -0.2) is 23.1 Å². The molecule has 3 rings (SSSR count). The van der Waals surface area contributed by atoms with Crippen LogP contribution in [0.4, 0.5) is 5.82 Å². The van der Waals surface area contributed by atoms with Crippen LogP contribution in [0.5, 0.6) is 0 Å². The zero-order valence-corrected chi connectivity index (χ0v) is 13.8. The van der Waals surface area contributed by atoms with Crippen molar-refractivity contribution in [3.05, 3.63) is 53.5 Å². The van der Waals surface area contributed by atoms with E-state index in [1.54, 1.807) is 0 Å². The Balaban J connectivity index is 1.84. The van der Waals surface area contributed by atoms with Crippen molar-refractivity contribution in [2.45, 2.75) is 38.5 Å². The monoisotopic (exact) mass is 306 g/mol. The van der Waals surface area contributed by atoms with E-state index in [-0.39, 0.29) is 5.41 Å². The standard InChI is InChI=1S/C19H22N4/c1-3-16-13-21-15(2)22-18(16)23-11-9-19(14-20,10-12-23)17-7-5-4-6-8-17/h4-8,13H,3,9-12H2,1-2H3. The van der Waals surface area contributed by atoms with E-state index in [0.717, 1.165) is 49.6 Å². The van der Waals surface area contributed by atoms with Gasteiger partial charge in [0, 0.05) is 24.8 Å². The predicted octanol–water partition coefficient (Wildman–Crippen LogP) is 3.41. The highest BCUT2D eigenvalue weighted by Crippen LogP contribution is 2.36. The van der Waals surface area contributed by atoms with Crippen LogP contribution in [-0.2, 0) is 11.8 Å². The molecule has 0 bridgehead atoms. The summed E-state index contributed by atoms with van der Waals surface area (Å²) in [7, 11) is 0. The van der Waals surface area contributed by atoms with Gasteiger partial charge in [-0.15, -0.1) is 0 Å². The molecule has 0 radical (unpaired) electrons. The van der Waals surface area contributed by atoms with E-state index >= 15 is 0 Å². The molecule has 0 saturated carbocycles. The molecule has 1 fully saturated rings. The number of aromatic nitrogens is 2. The van der Waals surface area contributed by atoms with Gasteiger partial charge in [0.2, 0.25) is 0 Å². The fourth-order valence-electron chi connectivity index (χ4n) is 3.33. The van der Waals surface area contributed by atoms with Crippen LogP contribution in [0.15, 0.2) is 36.5 Å². The lowest BCUT2D eigenvalue weighted by Crippen LogP contribution is -2.42. The average Bonchev–Trinajstić information content (AvgIpc) is 2.62. The molecule has 2 aromatic rings. The normalized spacial score (nSPS) is 16.8. The van der Waals surface area contributed by atoms with Crippen LogP contribution in [0, 0.1) is 18.3 Å². The van der Waals surface area contributed by atoms with Crippen LogP contribution in [0.2, 0.25) is 0 Å². The Morgan fingerprint density at radius 3 is 2.52 bits per heavy atom. The largest absolute Gasteiger partial charge is 0.356 e. The minimum absolute atomic E-state index is 0.369. The van der Waals surface area contributed by atoms with Crippen molar-refractivity contribution < 1.29 is 0 Å². The minimum Gasteiger partial charge on any atom is -0.356 e. The van der Waals surface area contributed by atoms with Crippen molar-refractivity contribution in [2.24, 2.45) is 0 Å². The van der Waals surface area contributed by atoms with Gasteiger partial charge in [0.25, 0.3) is 0 Å². The number of anilines is 1. The maximum absolute atomic E-state index is 9.80. The van der Waals surface area contributed by atoms with Gasteiger partial charge < -0.3 is 4.90 Å². The van der Waals surface area contributed by atoms with Crippen molar-refractivity contribution in [3.63, 3.8) is 0 Å². The molecular formula is C19H22N4. The Morgan fingerprint density at radius 2 is 1.91 bits per heavy atom. The molecule has 0 unspecified atom stereocenters. The molecule has 1 saturated heterocycles. The summed E-state index contributed by atoms with van der Waals surface area (Å²) >= 11 is 0. The molecule has 0 N–H and O–H groups in total. The zero-order valence-electron chi connectivity index (χ0n) is 13.8. The average molecular weight is 306 g/mol. The lowest BCUT2D eigenvalue weighted by Gasteiger charge is -2.38. The molecule has 1 aromatic heterocycles. The quantitative estimate of drug-likeness (QED) is 0.872. The Morgan fingerprint density at radius 1 is 1.22 bits per heavy atom. The van der Waals surface area contributed by atoms with Crippen LogP contribution in [0.1, 0.15) is 36.7 Å². The van der Waals surface area contributed by atoms with Gasteiger partial charge in [0.1, 0.15) is 11.6 Å². The first kappa shape index (κ1) is 15.5. The summed E-state index contributed by atoms with van der Waals surface area (Å²) in [4.78, 5) is 11.3. The topological polar surface area (TPSA) is 52.8 Å². The highest BCUT2D eigenvalue weighted by Gasteiger charge is 2.37. The van der Waals surface area contributed by atoms with Gasteiger partial charge in [0.15, 0.2) is 0 Å². The molecule has 23 heavy (non-hydrogen) atoms. The zero-order chi connectivity index (χ0) is 16.3. The molecule has 4 nitrogen and oxygen atoms in total. The molecule has 0 atom stereocenters. The van der Waals surface area contributed by atoms with E-state index in [2.05, 4.69) is 40.0 Å². The lowest BCUT2D eigenvalue weighted by atomic mass is 9.74. The SMILES string of the molecule is CCc1cnc(C)nc1N1CCC(C#N)(c2ccccc2)CC1. The highest BCUT2D eigenvalue weighted by molar-refractivity contribution is 5.48. The fraction of sp³-hybridized carbons (Fsp3) is 0.421. The third-order valence-electron chi connectivity index (χ3n) is 4.80. The van der Waals surface area contributed by atoms with E-state index < -0.39 is 0 Å². The first-order valence-electron chi connectivity index (χ1n) is 8.23. The van der Waals surface area contributed by atoms with E-state index in [1.165, 1.54) is 5.56 Å². The van der Waals surface area contributed by atoms with Gasteiger partial charge in [-0.2, -0.15) is 5.26 Å². The van der Waals surface area contributed by atoms with Gasteiger partial charge in [0.05, 0.1) is 11.5 Å². The van der Waals surface area contributed by atoms with Crippen LogP contribution in [0.25, 0.3) is 0 Å². The van der Waals surface area contributed by atoms with E-state index in [9.17, 15) is 5.26 Å². The molecule has 118 valence electrons. The number of nitrogens with zero attached hydrogens (tertiary/aromatic N) is 4. The molecule has 1 aromatic carbocycles. The van der Waals surface area contributed by atoms with E-state index in [1.807, 2.05) is 31.3 Å². The predicted molar refractivity (Wildman–Crippen MR) is 91.3 cm³/mol. The number of rotatable bonds is 3. The minimum atomic E-state index is -0.369. The van der Waals surface area contributed by atoms with Crippen molar-refractivity contribution in [1.29, 1.82) is 5.26 Å². The van der Waals surface area contributed by atoms with Gasteiger partial charge in [-0.05, 0) is 31.7 Å². The van der Waals surface area contributed by atoms with Crippen molar-refractivity contribution in [3.8, 4) is 6.07 Å². The van der Waals surface area contributed by atoms with E-state index in [0.29, 0.717) is 0 Å². The van der Waals surface area contributed by atoms with Gasteiger partial charge in [-0.3, -0.25) is 0 Å². The Kier molecular flexibility index (Phi) is 4.29. The maximum atomic E-state index is 9.80. The van der Waals surface area contributed by atoms with Crippen molar-refractivity contribution >= 4 is 5.82 Å². The second-order valence-corrected chi connectivity index (χ2v) is 6.17. The van der Waals surface area contributed by atoms with Gasteiger partial charge >= 0.3 is 0 Å². The number of piperidine rings is 1. The first-order valence-corrected chi connectivity index (χ1v) is 8.23. The summed E-state index contributed by atoms with van der Waals surface area (Å²) in [6.45, 7) is 5.76. The third kappa shape index (κ3) is 2.92. The number of hydrogen-bond donors (Lipinski definition) is 0. The van der Waals surface area contributed by atoms with E-state index in [4.69, 9.17) is 0 Å². The lowest BCUT2D eigenvalue weighted by molar-refractivity contribution is 0.413. The highest BCUT2D eigenvalue weighted by atomic mass is 15.2. The third-order valence-corrected chi connectivity index (χ3v) is 4.80. The summed E-state index contributed by atoms with van der Waals surface area (Å²) < 4.78 is 0. The smallest absolute Gasteiger partial charge is 0.135 e. The number of nitriles is 1. The Hall–Kier alpha value is -2.41. The molecular weight excluding hydrogens is 284 g/mol. The van der Waals surface area contributed by atoms with Crippen LogP contribution >= 0.6 is 0 Å². The molecule has 0 amide bonds. The number of hydrogen-bond acceptors (Lipinski definition) is 4. The number of benzene rings is 1. The second-order valence-electron chi connectivity index (χ2n) is 6.17. The van der Waals surface area contributed by atoms with Crippen molar-refractivity contribution in [1.82, 2.24) is 9.97 Å². The summed E-state index contributed by atoms with van der Waals surface area (Å²) in [5.74, 6) is 1.84. The molecule has 1 aliphatic rings. The summed E-state index contributed by atoms with van der Waals surface area (Å²) in [6.07, 6.45) is 4.52. The van der Waals surface area contributed by atoms with Crippen LogP contribution in [0.3, 0.4) is 0 Å². The molecule has 0 aliphatic carbocycles. The molecule has 1 aliphatic heterocycles. The maximum Gasteiger partial charge on any atom is 0.135 e. The van der Waals surface area contributed by atoms with Crippen molar-refractivity contribution in [2.75, 3.05) is 18.0 Å². The van der Waals surface area contributed by atoms with Crippen LogP contribution < -0.4 is 4.90 Å². The molecule has 4 heteroatoms. The summed E-state index contributed by atoms with van der Waals surface area (Å²) in [6, 6.07) is 12.8. The van der Waals surface area contributed by atoms with Gasteiger partial charge in [-0.1, -0.05) is 37.3 Å². The summed E-state index contributed by atoms with van der Waals surface area (Å²) in [5.41, 5.74) is 1.95. The first-order chi connectivity index (χ1) is 11.2. The molecule has 0 spiro atoms. The summed E-state index contributed by atoms with van der Waals surface area (Å²) in [5, 5.41) is 9.80.